The van der Waals surface area contributed by atoms with Crippen LogP contribution >= 0.6 is 0 Å². The van der Waals surface area contributed by atoms with Gasteiger partial charge in [-0.05, 0) is 36.3 Å². The van der Waals surface area contributed by atoms with Crippen LogP contribution in [0.3, 0.4) is 0 Å². The third-order valence-corrected chi connectivity index (χ3v) is 4.11. The van der Waals surface area contributed by atoms with E-state index in [2.05, 4.69) is 43.4 Å². The van der Waals surface area contributed by atoms with E-state index in [-0.39, 0.29) is 0 Å². The molecule has 0 radical (unpaired) electrons. The van der Waals surface area contributed by atoms with E-state index < -0.39 is 0 Å². The van der Waals surface area contributed by atoms with Gasteiger partial charge in [-0.1, -0.05) is 51.0 Å². The Morgan fingerprint density at radius 2 is 1.71 bits per heavy atom. The largest absolute Gasteiger partial charge is 0.310 e. The first-order valence-electron chi connectivity index (χ1n) is 7.10. The molecule has 1 aromatic carbocycles. The predicted octanol–water partition coefficient (Wildman–Crippen LogP) is 3.92. The molecule has 0 spiro atoms. The molecule has 0 aliphatic heterocycles. The van der Waals surface area contributed by atoms with Crippen molar-refractivity contribution < 1.29 is 0 Å². The first-order valence-corrected chi connectivity index (χ1v) is 7.10. The van der Waals surface area contributed by atoms with Crippen LogP contribution in [0.5, 0.6) is 0 Å². The minimum Gasteiger partial charge on any atom is -0.310 e. The van der Waals surface area contributed by atoms with Gasteiger partial charge in [-0.25, -0.2) is 0 Å². The van der Waals surface area contributed by atoms with Gasteiger partial charge in [0.05, 0.1) is 0 Å². The summed E-state index contributed by atoms with van der Waals surface area (Å²) in [6.45, 7) is 5.62. The molecule has 2 unspecified atom stereocenters. The molecule has 94 valence electrons. The average molecular weight is 231 g/mol. The van der Waals surface area contributed by atoms with Crippen molar-refractivity contribution in [3.8, 4) is 0 Å². The molecule has 2 atom stereocenters. The normalized spacial score (nSPS) is 24.8. The summed E-state index contributed by atoms with van der Waals surface area (Å²) in [5.41, 5.74) is 2.85. The van der Waals surface area contributed by atoms with Crippen molar-refractivity contribution >= 4 is 0 Å². The van der Waals surface area contributed by atoms with Crippen LogP contribution in [0.4, 0.5) is 0 Å². The molecule has 1 aromatic rings. The smallest absolute Gasteiger partial charge is 0.0208 e. The summed E-state index contributed by atoms with van der Waals surface area (Å²) in [6, 6.07) is 9.76. The monoisotopic (exact) mass is 231 g/mol. The molecule has 0 saturated heterocycles. The van der Waals surface area contributed by atoms with Crippen LogP contribution in [0, 0.1) is 5.92 Å². The zero-order valence-electron chi connectivity index (χ0n) is 11.2. The van der Waals surface area contributed by atoms with Crippen LogP contribution in [0.1, 0.15) is 50.7 Å². The summed E-state index contributed by atoms with van der Waals surface area (Å²) in [4.78, 5) is 0. The second-order valence-electron chi connectivity index (χ2n) is 5.42. The van der Waals surface area contributed by atoms with Crippen LogP contribution in [-0.4, -0.2) is 6.04 Å². The van der Waals surface area contributed by atoms with Crippen LogP contribution < -0.4 is 5.32 Å². The van der Waals surface area contributed by atoms with E-state index in [4.69, 9.17) is 0 Å². The summed E-state index contributed by atoms with van der Waals surface area (Å²) in [5.74, 6) is 0.846. The van der Waals surface area contributed by atoms with Gasteiger partial charge in [-0.2, -0.15) is 0 Å². The molecule has 1 nitrogen and oxygen atoms in total. The minimum absolute atomic E-state index is 0.731. The highest BCUT2D eigenvalue weighted by atomic mass is 14.9. The molecular formula is C16H25N. The number of aryl methyl sites for hydroxylation is 1. The fraction of sp³-hybridized carbons (Fsp3) is 0.625. The molecule has 0 bridgehead atoms. The summed E-state index contributed by atoms with van der Waals surface area (Å²) >= 11 is 0. The van der Waals surface area contributed by atoms with E-state index >= 15 is 0 Å². The van der Waals surface area contributed by atoms with Gasteiger partial charge in [0.25, 0.3) is 0 Å². The maximum absolute atomic E-state index is 3.73. The van der Waals surface area contributed by atoms with Gasteiger partial charge in [-0.15, -0.1) is 0 Å². The molecule has 1 N–H and O–H groups in total. The van der Waals surface area contributed by atoms with Crippen molar-refractivity contribution in [2.24, 2.45) is 5.92 Å². The van der Waals surface area contributed by atoms with Gasteiger partial charge < -0.3 is 5.32 Å². The molecule has 1 aliphatic rings. The number of rotatable bonds is 4. The summed E-state index contributed by atoms with van der Waals surface area (Å²) in [5, 5.41) is 3.73. The highest BCUT2D eigenvalue weighted by Gasteiger charge is 2.20. The first-order chi connectivity index (χ1) is 8.29. The van der Waals surface area contributed by atoms with E-state index in [0.29, 0.717) is 0 Å². The van der Waals surface area contributed by atoms with Gasteiger partial charge >= 0.3 is 0 Å². The van der Waals surface area contributed by atoms with E-state index in [0.717, 1.165) is 24.9 Å². The minimum atomic E-state index is 0.731. The zero-order valence-corrected chi connectivity index (χ0v) is 11.2. The van der Waals surface area contributed by atoms with Crippen molar-refractivity contribution in [2.45, 2.75) is 58.5 Å². The zero-order chi connectivity index (χ0) is 12.1. The second kappa shape index (κ2) is 6.20. The number of benzene rings is 1. The standard InChI is InChI=1S/C16H25N/c1-3-14-8-10-15(11-9-14)12-17-16-7-5-4-6-13(16)2/h8-11,13,16-17H,3-7,12H2,1-2H3. The molecule has 0 aromatic heterocycles. The highest BCUT2D eigenvalue weighted by molar-refractivity contribution is 5.22. The summed E-state index contributed by atoms with van der Waals surface area (Å²) in [6.07, 6.45) is 6.70. The Kier molecular flexibility index (Phi) is 4.61. The fourth-order valence-corrected chi connectivity index (χ4v) is 2.76. The summed E-state index contributed by atoms with van der Waals surface area (Å²) < 4.78 is 0. The molecule has 2 rings (SSSR count). The molecule has 1 heteroatoms. The van der Waals surface area contributed by atoms with Crippen molar-refractivity contribution in [1.82, 2.24) is 5.32 Å². The number of nitrogens with one attached hydrogen (secondary N) is 1. The Labute approximate surface area is 106 Å². The van der Waals surface area contributed by atoms with E-state index in [1.165, 1.54) is 36.8 Å². The van der Waals surface area contributed by atoms with E-state index in [9.17, 15) is 0 Å². The van der Waals surface area contributed by atoms with E-state index in [1.54, 1.807) is 0 Å². The molecule has 0 amide bonds. The van der Waals surface area contributed by atoms with Gasteiger partial charge in [0, 0.05) is 12.6 Å². The Bertz CT molecular complexity index is 328. The van der Waals surface area contributed by atoms with Gasteiger partial charge in [-0.3, -0.25) is 0 Å². The third kappa shape index (κ3) is 3.57. The SMILES string of the molecule is CCc1ccc(CNC2CCCCC2C)cc1. The highest BCUT2D eigenvalue weighted by Crippen LogP contribution is 2.23. The Morgan fingerprint density at radius 1 is 1.06 bits per heavy atom. The lowest BCUT2D eigenvalue weighted by Gasteiger charge is -2.29. The Morgan fingerprint density at radius 3 is 2.35 bits per heavy atom. The molecule has 1 fully saturated rings. The van der Waals surface area contributed by atoms with Crippen LogP contribution in [0.15, 0.2) is 24.3 Å². The molecule has 0 heterocycles. The van der Waals surface area contributed by atoms with Gasteiger partial charge in [0.15, 0.2) is 0 Å². The lowest BCUT2D eigenvalue weighted by atomic mass is 9.86. The maximum atomic E-state index is 3.73. The molecule has 1 saturated carbocycles. The Hall–Kier alpha value is -0.820. The molecular weight excluding hydrogens is 206 g/mol. The maximum Gasteiger partial charge on any atom is 0.0208 e. The van der Waals surface area contributed by atoms with Crippen LogP contribution in [0.2, 0.25) is 0 Å². The van der Waals surface area contributed by atoms with Crippen molar-refractivity contribution in [3.05, 3.63) is 35.4 Å². The molecule has 1 aliphatic carbocycles. The fourth-order valence-electron chi connectivity index (χ4n) is 2.76. The summed E-state index contributed by atoms with van der Waals surface area (Å²) in [7, 11) is 0. The third-order valence-electron chi connectivity index (χ3n) is 4.11. The van der Waals surface area contributed by atoms with E-state index in [1.807, 2.05) is 0 Å². The lowest BCUT2D eigenvalue weighted by Crippen LogP contribution is -2.36. The molecule has 17 heavy (non-hydrogen) atoms. The van der Waals surface area contributed by atoms with Crippen molar-refractivity contribution in [3.63, 3.8) is 0 Å². The average Bonchev–Trinajstić information content (AvgIpc) is 2.38. The van der Waals surface area contributed by atoms with Crippen LogP contribution in [0.25, 0.3) is 0 Å². The van der Waals surface area contributed by atoms with Crippen LogP contribution in [-0.2, 0) is 13.0 Å². The second-order valence-corrected chi connectivity index (χ2v) is 5.42. The quantitative estimate of drug-likeness (QED) is 0.828. The van der Waals surface area contributed by atoms with Crippen molar-refractivity contribution in [1.29, 1.82) is 0 Å². The number of hydrogen-bond acceptors (Lipinski definition) is 1. The predicted molar refractivity (Wildman–Crippen MR) is 74.1 cm³/mol. The lowest BCUT2D eigenvalue weighted by molar-refractivity contribution is 0.279. The number of hydrogen-bond donors (Lipinski definition) is 1. The van der Waals surface area contributed by atoms with Crippen molar-refractivity contribution in [2.75, 3.05) is 0 Å². The van der Waals surface area contributed by atoms with Gasteiger partial charge in [0.1, 0.15) is 0 Å². The Balaban J connectivity index is 1.84. The first kappa shape index (κ1) is 12.6. The van der Waals surface area contributed by atoms with Gasteiger partial charge in [0.2, 0.25) is 0 Å². The topological polar surface area (TPSA) is 12.0 Å².